The fourth-order valence-electron chi connectivity index (χ4n) is 3.49. The minimum Gasteiger partial charge on any atom is -0.467 e. The van der Waals surface area contributed by atoms with Gasteiger partial charge in [-0.3, -0.25) is 9.78 Å². The van der Waals surface area contributed by atoms with Crippen LogP contribution in [0.4, 0.5) is 0 Å². The molecule has 0 saturated heterocycles. The zero-order valence-electron chi connectivity index (χ0n) is 13.7. The van der Waals surface area contributed by atoms with Crippen LogP contribution in [0.25, 0.3) is 10.9 Å². The Morgan fingerprint density at radius 1 is 1.29 bits per heavy atom. The molecule has 1 atom stereocenters. The maximum atomic E-state index is 13.0. The zero-order chi connectivity index (χ0) is 16.5. The van der Waals surface area contributed by atoms with Crippen molar-refractivity contribution in [3.63, 3.8) is 0 Å². The summed E-state index contributed by atoms with van der Waals surface area (Å²) in [5.41, 5.74) is 3.88. The highest BCUT2D eigenvalue weighted by atomic mass is 16.3. The lowest BCUT2D eigenvalue weighted by atomic mass is 9.84. The van der Waals surface area contributed by atoms with Gasteiger partial charge < -0.3 is 9.73 Å². The van der Waals surface area contributed by atoms with E-state index in [1.807, 2.05) is 36.4 Å². The van der Waals surface area contributed by atoms with E-state index in [4.69, 9.17) is 9.40 Å². The predicted octanol–water partition coefficient (Wildman–Crippen LogP) is 3.88. The summed E-state index contributed by atoms with van der Waals surface area (Å²) >= 11 is 0. The highest BCUT2D eigenvalue weighted by molar-refractivity contribution is 6.07. The molecule has 0 aliphatic heterocycles. The van der Waals surface area contributed by atoms with E-state index in [9.17, 15) is 4.79 Å². The molecule has 2 heterocycles. The summed E-state index contributed by atoms with van der Waals surface area (Å²) in [6.07, 6.45) is 4.61. The number of amides is 1. The molecule has 0 radical (unpaired) electrons. The third-order valence-corrected chi connectivity index (χ3v) is 4.74. The first-order chi connectivity index (χ1) is 11.7. The maximum absolute atomic E-state index is 13.0. The molecule has 0 bridgehead atoms. The van der Waals surface area contributed by atoms with Crippen LogP contribution in [-0.2, 0) is 19.4 Å². The van der Waals surface area contributed by atoms with Crippen molar-refractivity contribution in [1.82, 2.24) is 10.3 Å². The van der Waals surface area contributed by atoms with Crippen LogP contribution < -0.4 is 5.32 Å². The topological polar surface area (TPSA) is 55.1 Å². The summed E-state index contributed by atoms with van der Waals surface area (Å²) in [7, 11) is 0. The van der Waals surface area contributed by atoms with Gasteiger partial charge in [-0.05, 0) is 48.9 Å². The smallest absolute Gasteiger partial charge is 0.252 e. The molecule has 1 unspecified atom stereocenters. The highest BCUT2D eigenvalue weighted by Gasteiger charge is 2.25. The second kappa shape index (κ2) is 6.11. The van der Waals surface area contributed by atoms with Crippen LogP contribution >= 0.6 is 0 Å². The molecule has 1 aromatic carbocycles. The standard InChI is InChI=1S/C20H20N2O2/c1-13-8-9-18-16(11-13)19(15-6-2-3-7-17(15)22-18)20(23)21-12-14-5-4-10-24-14/h2-7,10,13H,8-9,11-12H2,1H3,(H,21,23). The fraction of sp³-hybridized carbons (Fsp3) is 0.300. The van der Waals surface area contributed by atoms with Gasteiger partial charge >= 0.3 is 0 Å². The van der Waals surface area contributed by atoms with Crippen molar-refractivity contribution in [3.05, 3.63) is 65.2 Å². The molecule has 1 aliphatic rings. The van der Waals surface area contributed by atoms with E-state index in [1.54, 1.807) is 6.26 Å². The van der Waals surface area contributed by atoms with Crippen LogP contribution in [0.3, 0.4) is 0 Å². The average Bonchev–Trinajstić information content (AvgIpc) is 3.11. The van der Waals surface area contributed by atoms with E-state index in [2.05, 4.69) is 12.2 Å². The van der Waals surface area contributed by atoms with Crippen LogP contribution in [0.15, 0.2) is 47.1 Å². The van der Waals surface area contributed by atoms with Crippen molar-refractivity contribution in [2.75, 3.05) is 0 Å². The average molecular weight is 320 g/mol. The number of para-hydroxylation sites is 1. The van der Waals surface area contributed by atoms with E-state index < -0.39 is 0 Å². The summed E-state index contributed by atoms with van der Waals surface area (Å²) in [5, 5.41) is 3.93. The number of hydrogen-bond donors (Lipinski definition) is 1. The molecule has 3 aromatic rings. The number of aryl methyl sites for hydroxylation is 1. The lowest BCUT2D eigenvalue weighted by molar-refractivity contribution is 0.0948. The zero-order valence-corrected chi connectivity index (χ0v) is 13.7. The summed E-state index contributed by atoms with van der Waals surface area (Å²) in [4.78, 5) is 17.8. The van der Waals surface area contributed by atoms with Gasteiger partial charge in [-0.2, -0.15) is 0 Å². The van der Waals surface area contributed by atoms with Crippen molar-refractivity contribution < 1.29 is 9.21 Å². The Morgan fingerprint density at radius 2 is 2.17 bits per heavy atom. The Hall–Kier alpha value is -2.62. The van der Waals surface area contributed by atoms with E-state index in [1.165, 1.54) is 0 Å². The predicted molar refractivity (Wildman–Crippen MR) is 92.8 cm³/mol. The second-order valence-corrected chi connectivity index (χ2v) is 6.54. The Kier molecular flexibility index (Phi) is 3.81. The van der Waals surface area contributed by atoms with Gasteiger partial charge in [-0.25, -0.2) is 0 Å². The van der Waals surface area contributed by atoms with Gasteiger partial charge in [-0.15, -0.1) is 0 Å². The molecule has 24 heavy (non-hydrogen) atoms. The van der Waals surface area contributed by atoms with E-state index in [0.717, 1.165) is 52.7 Å². The number of rotatable bonds is 3. The van der Waals surface area contributed by atoms with Crippen molar-refractivity contribution in [3.8, 4) is 0 Å². The SMILES string of the molecule is CC1CCc2nc3ccccc3c(C(=O)NCc3ccco3)c2C1. The van der Waals surface area contributed by atoms with Crippen molar-refractivity contribution >= 4 is 16.8 Å². The summed E-state index contributed by atoms with van der Waals surface area (Å²) in [6, 6.07) is 11.6. The normalized spacial score (nSPS) is 16.8. The number of pyridine rings is 1. The molecular weight excluding hydrogens is 300 g/mol. The molecular formula is C20H20N2O2. The summed E-state index contributed by atoms with van der Waals surface area (Å²) in [5.74, 6) is 1.29. The van der Waals surface area contributed by atoms with Crippen LogP contribution in [0, 0.1) is 5.92 Å². The monoisotopic (exact) mass is 320 g/mol. The molecule has 122 valence electrons. The highest BCUT2D eigenvalue weighted by Crippen LogP contribution is 2.31. The maximum Gasteiger partial charge on any atom is 0.252 e. The van der Waals surface area contributed by atoms with Gasteiger partial charge in [0.15, 0.2) is 0 Å². The third-order valence-electron chi connectivity index (χ3n) is 4.74. The fourth-order valence-corrected chi connectivity index (χ4v) is 3.49. The number of fused-ring (bicyclic) bond motifs is 2. The lowest BCUT2D eigenvalue weighted by Crippen LogP contribution is -2.27. The molecule has 0 fully saturated rings. The van der Waals surface area contributed by atoms with Crippen LogP contribution in [0.1, 0.15) is 40.7 Å². The van der Waals surface area contributed by atoms with Crippen LogP contribution in [-0.4, -0.2) is 10.9 Å². The molecule has 4 rings (SSSR count). The second-order valence-electron chi connectivity index (χ2n) is 6.54. The first kappa shape index (κ1) is 14.9. The molecule has 4 heteroatoms. The molecule has 2 aromatic heterocycles. The number of nitrogens with one attached hydrogen (secondary N) is 1. The van der Waals surface area contributed by atoms with Gasteiger partial charge in [0, 0.05) is 11.1 Å². The van der Waals surface area contributed by atoms with Crippen molar-refractivity contribution in [2.45, 2.75) is 32.7 Å². The van der Waals surface area contributed by atoms with Gasteiger partial charge in [-0.1, -0.05) is 25.1 Å². The number of aromatic nitrogens is 1. The Morgan fingerprint density at radius 3 is 3.00 bits per heavy atom. The Labute approximate surface area is 140 Å². The first-order valence-corrected chi connectivity index (χ1v) is 8.43. The van der Waals surface area contributed by atoms with Gasteiger partial charge in [0.05, 0.1) is 23.9 Å². The summed E-state index contributed by atoms with van der Waals surface area (Å²) in [6.45, 7) is 2.63. The minimum absolute atomic E-state index is 0.0460. The van der Waals surface area contributed by atoms with Crippen molar-refractivity contribution in [2.24, 2.45) is 5.92 Å². The molecule has 1 N–H and O–H groups in total. The first-order valence-electron chi connectivity index (χ1n) is 8.43. The summed E-state index contributed by atoms with van der Waals surface area (Å²) < 4.78 is 5.31. The number of carbonyl (C=O) groups is 1. The van der Waals surface area contributed by atoms with Crippen LogP contribution in [0.2, 0.25) is 0 Å². The van der Waals surface area contributed by atoms with Crippen molar-refractivity contribution in [1.29, 1.82) is 0 Å². The molecule has 0 saturated carbocycles. The third kappa shape index (κ3) is 2.68. The largest absolute Gasteiger partial charge is 0.467 e. The molecule has 0 spiro atoms. The number of nitrogens with zero attached hydrogens (tertiary/aromatic N) is 1. The van der Waals surface area contributed by atoms with Gasteiger partial charge in [0.1, 0.15) is 5.76 Å². The van der Waals surface area contributed by atoms with Crippen LogP contribution in [0.5, 0.6) is 0 Å². The van der Waals surface area contributed by atoms with E-state index in [0.29, 0.717) is 12.5 Å². The number of benzene rings is 1. The Balaban J connectivity index is 1.77. The molecule has 4 nitrogen and oxygen atoms in total. The number of carbonyl (C=O) groups excluding carboxylic acids is 1. The van der Waals surface area contributed by atoms with E-state index >= 15 is 0 Å². The lowest BCUT2D eigenvalue weighted by Gasteiger charge is -2.24. The number of furan rings is 1. The number of hydrogen-bond acceptors (Lipinski definition) is 3. The molecule has 1 amide bonds. The Bertz CT molecular complexity index is 884. The minimum atomic E-state index is -0.0460. The van der Waals surface area contributed by atoms with E-state index in [-0.39, 0.29) is 5.91 Å². The van der Waals surface area contributed by atoms with Gasteiger partial charge in [0.25, 0.3) is 5.91 Å². The van der Waals surface area contributed by atoms with Gasteiger partial charge in [0.2, 0.25) is 0 Å². The molecule has 1 aliphatic carbocycles. The quantitative estimate of drug-likeness (QED) is 0.796.